The van der Waals surface area contributed by atoms with Crippen LogP contribution in [0.3, 0.4) is 0 Å². The fourth-order valence-electron chi connectivity index (χ4n) is 3.34. The first-order valence-electron chi connectivity index (χ1n) is 9.58. The summed E-state index contributed by atoms with van der Waals surface area (Å²) in [5, 5.41) is 16.7. The summed E-state index contributed by atoms with van der Waals surface area (Å²) >= 11 is 8.62. The number of H-pyrrole nitrogens is 1. The molecule has 1 aromatic carbocycles. The predicted molar refractivity (Wildman–Crippen MR) is 118 cm³/mol. The second kappa shape index (κ2) is 9.04. The van der Waals surface area contributed by atoms with Crippen molar-refractivity contribution in [3.8, 4) is 5.88 Å². The summed E-state index contributed by atoms with van der Waals surface area (Å²) in [4.78, 5) is 27.8. The van der Waals surface area contributed by atoms with Gasteiger partial charge in [-0.25, -0.2) is 5.01 Å². The molecule has 0 aliphatic carbocycles. The van der Waals surface area contributed by atoms with Gasteiger partial charge in [-0.2, -0.15) is 5.10 Å². The molecule has 2 heterocycles. The molecule has 1 aromatic heterocycles. The molecule has 7 nitrogen and oxygen atoms in total. The number of hydrazone groups is 1. The van der Waals surface area contributed by atoms with Gasteiger partial charge < -0.3 is 5.11 Å². The zero-order valence-corrected chi connectivity index (χ0v) is 18.7. The number of rotatable bonds is 6. The minimum atomic E-state index is -0.501. The topological polar surface area (TPSA) is 90.7 Å². The van der Waals surface area contributed by atoms with Crippen molar-refractivity contribution in [3.63, 3.8) is 0 Å². The first kappa shape index (κ1) is 21.4. The number of nitrogens with zero attached hydrogens (tertiary/aromatic N) is 3. The summed E-state index contributed by atoms with van der Waals surface area (Å²) in [5.74, 6) is -0.353. The number of hydrogen-bond donors (Lipinski definition) is 2. The average Bonchev–Trinajstić information content (AvgIpc) is 3.12. The Morgan fingerprint density at radius 3 is 2.66 bits per heavy atom. The van der Waals surface area contributed by atoms with E-state index in [1.807, 2.05) is 31.2 Å². The standard InChI is InChI=1S/C20H23BrN4O3S/c1-3-5-10-24-19(28)17(18(27)22-20(24)29)14-11-15(25(23-14)16(26)4-2)12-6-8-13(21)9-7-12/h6-9,15,28H,3-5,10-11H2,1-2H3,(H,22,27,29). The SMILES string of the molecule is CCCCn1c(O)c(C2=NN(C(=O)CC)C(c3ccc(Br)cc3)C2)c(=O)[nH]c1=S. The number of carbonyl (C=O) groups is 1. The highest BCUT2D eigenvalue weighted by atomic mass is 79.9. The van der Waals surface area contributed by atoms with Crippen molar-refractivity contribution in [1.82, 2.24) is 14.6 Å². The molecule has 29 heavy (non-hydrogen) atoms. The average molecular weight is 479 g/mol. The monoisotopic (exact) mass is 478 g/mol. The van der Waals surface area contributed by atoms with Crippen LogP contribution in [0.25, 0.3) is 0 Å². The number of aromatic hydroxyl groups is 1. The second-order valence-electron chi connectivity index (χ2n) is 6.87. The molecule has 2 N–H and O–H groups in total. The lowest BCUT2D eigenvalue weighted by Gasteiger charge is -2.21. The molecule has 154 valence electrons. The number of benzene rings is 1. The number of aromatic amines is 1. The van der Waals surface area contributed by atoms with E-state index in [1.165, 1.54) is 9.58 Å². The van der Waals surface area contributed by atoms with E-state index in [-0.39, 0.29) is 34.6 Å². The Bertz CT molecular complexity index is 1060. The molecule has 0 spiro atoms. The van der Waals surface area contributed by atoms with E-state index in [1.54, 1.807) is 6.92 Å². The van der Waals surface area contributed by atoms with E-state index >= 15 is 0 Å². The maximum atomic E-state index is 12.6. The lowest BCUT2D eigenvalue weighted by molar-refractivity contribution is -0.132. The third kappa shape index (κ3) is 4.35. The summed E-state index contributed by atoms with van der Waals surface area (Å²) in [6, 6.07) is 7.30. The quantitative estimate of drug-likeness (QED) is 0.606. The van der Waals surface area contributed by atoms with Gasteiger partial charge in [0.1, 0.15) is 5.56 Å². The van der Waals surface area contributed by atoms with Crippen LogP contribution in [0.2, 0.25) is 0 Å². The Labute approximate surface area is 182 Å². The lowest BCUT2D eigenvalue weighted by atomic mass is 9.99. The number of nitrogens with one attached hydrogen (secondary N) is 1. The Morgan fingerprint density at radius 1 is 1.34 bits per heavy atom. The molecular weight excluding hydrogens is 456 g/mol. The van der Waals surface area contributed by atoms with Gasteiger partial charge in [-0.15, -0.1) is 0 Å². The maximum Gasteiger partial charge on any atom is 0.264 e. The van der Waals surface area contributed by atoms with Gasteiger partial charge >= 0.3 is 0 Å². The van der Waals surface area contributed by atoms with E-state index in [0.717, 1.165) is 22.9 Å². The van der Waals surface area contributed by atoms with Gasteiger partial charge in [0.05, 0.1) is 11.8 Å². The number of aromatic nitrogens is 2. The second-order valence-corrected chi connectivity index (χ2v) is 8.18. The number of carbonyl (C=O) groups excluding carboxylic acids is 1. The normalized spacial score (nSPS) is 16.2. The molecular formula is C20H23BrN4O3S. The Kier molecular flexibility index (Phi) is 6.69. The van der Waals surface area contributed by atoms with Crippen LogP contribution in [0.1, 0.15) is 56.7 Å². The summed E-state index contributed by atoms with van der Waals surface area (Å²) < 4.78 is 2.62. The third-order valence-electron chi connectivity index (χ3n) is 4.92. The molecule has 1 amide bonds. The lowest BCUT2D eigenvalue weighted by Crippen LogP contribution is -2.26. The van der Waals surface area contributed by atoms with Crippen molar-refractivity contribution in [3.05, 3.63) is 55.0 Å². The summed E-state index contributed by atoms with van der Waals surface area (Å²) in [6.45, 7) is 4.29. The molecule has 2 aromatic rings. The van der Waals surface area contributed by atoms with Crippen LogP contribution in [0.4, 0.5) is 0 Å². The van der Waals surface area contributed by atoms with Crippen LogP contribution in [-0.2, 0) is 11.3 Å². The Balaban J connectivity index is 2.07. The molecule has 0 saturated heterocycles. The van der Waals surface area contributed by atoms with Gasteiger partial charge in [0, 0.05) is 23.9 Å². The minimum absolute atomic E-state index is 0.0724. The van der Waals surface area contributed by atoms with Crippen LogP contribution in [0.5, 0.6) is 5.88 Å². The van der Waals surface area contributed by atoms with E-state index in [0.29, 0.717) is 18.7 Å². The smallest absolute Gasteiger partial charge is 0.264 e. The molecule has 3 rings (SSSR count). The minimum Gasteiger partial charge on any atom is -0.494 e. The van der Waals surface area contributed by atoms with Gasteiger partial charge in [-0.05, 0) is 36.3 Å². The molecule has 1 atom stereocenters. The molecule has 0 fully saturated rings. The van der Waals surface area contributed by atoms with Crippen LogP contribution >= 0.6 is 28.1 Å². The van der Waals surface area contributed by atoms with E-state index in [9.17, 15) is 14.7 Å². The molecule has 0 saturated carbocycles. The number of hydrogen-bond acceptors (Lipinski definition) is 5. The summed E-state index contributed by atoms with van der Waals surface area (Å²) in [5.41, 5.74) is 0.852. The van der Waals surface area contributed by atoms with Crippen LogP contribution < -0.4 is 5.56 Å². The van der Waals surface area contributed by atoms with Crippen molar-refractivity contribution in [2.24, 2.45) is 5.10 Å². The van der Waals surface area contributed by atoms with Crippen molar-refractivity contribution < 1.29 is 9.90 Å². The van der Waals surface area contributed by atoms with Crippen molar-refractivity contribution in [2.75, 3.05) is 0 Å². The van der Waals surface area contributed by atoms with Crippen molar-refractivity contribution in [1.29, 1.82) is 0 Å². The molecule has 1 unspecified atom stereocenters. The first-order chi connectivity index (χ1) is 13.9. The van der Waals surface area contributed by atoms with E-state index in [2.05, 4.69) is 26.0 Å². The number of halogens is 1. The van der Waals surface area contributed by atoms with Crippen molar-refractivity contribution >= 4 is 39.8 Å². The molecule has 9 heteroatoms. The van der Waals surface area contributed by atoms with Crippen LogP contribution in [0, 0.1) is 4.77 Å². The van der Waals surface area contributed by atoms with E-state index in [4.69, 9.17) is 12.2 Å². The molecule has 1 aliphatic rings. The highest BCUT2D eigenvalue weighted by molar-refractivity contribution is 9.10. The first-order valence-corrected chi connectivity index (χ1v) is 10.8. The summed E-state index contributed by atoms with van der Waals surface area (Å²) in [6.07, 6.45) is 2.34. The number of unbranched alkanes of at least 4 members (excludes halogenated alkanes) is 1. The van der Waals surface area contributed by atoms with Crippen LogP contribution in [0.15, 0.2) is 38.6 Å². The summed E-state index contributed by atoms with van der Waals surface area (Å²) in [7, 11) is 0. The van der Waals surface area contributed by atoms with Crippen molar-refractivity contribution in [2.45, 2.75) is 52.1 Å². The zero-order chi connectivity index (χ0) is 21.1. The number of amides is 1. The van der Waals surface area contributed by atoms with Gasteiger partial charge in [0.15, 0.2) is 4.77 Å². The predicted octanol–water partition coefficient (Wildman–Crippen LogP) is 4.26. The van der Waals surface area contributed by atoms with Gasteiger partial charge in [-0.3, -0.25) is 19.1 Å². The highest BCUT2D eigenvalue weighted by Crippen LogP contribution is 2.34. The maximum absolute atomic E-state index is 12.6. The zero-order valence-electron chi connectivity index (χ0n) is 16.3. The molecule has 1 aliphatic heterocycles. The largest absolute Gasteiger partial charge is 0.494 e. The highest BCUT2D eigenvalue weighted by Gasteiger charge is 2.34. The van der Waals surface area contributed by atoms with Gasteiger partial charge in [-0.1, -0.05) is 48.3 Å². The fourth-order valence-corrected chi connectivity index (χ4v) is 3.88. The van der Waals surface area contributed by atoms with Gasteiger partial charge in [0.2, 0.25) is 11.8 Å². The van der Waals surface area contributed by atoms with Gasteiger partial charge in [0.25, 0.3) is 5.56 Å². The molecule has 0 bridgehead atoms. The van der Waals surface area contributed by atoms with Crippen LogP contribution in [-0.4, -0.2) is 31.3 Å². The van der Waals surface area contributed by atoms with E-state index < -0.39 is 5.56 Å². The Morgan fingerprint density at radius 2 is 2.03 bits per heavy atom. The molecule has 0 radical (unpaired) electrons. The fraction of sp³-hybridized carbons (Fsp3) is 0.400. The third-order valence-corrected chi connectivity index (χ3v) is 5.77. The Hall–Kier alpha value is -2.26.